The predicted octanol–water partition coefficient (Wildman–Crippen LogP) is 3.09. The summed E-state index contributed by atoms with van der Waals surface area (Å²) in [4.78, 5) is 14.6. The third-order valence-corrected chi connectivity index (χ3v) is 4.28. The zero-order chi connectivity index (χ0) is 13.5. The molecule has 0 radical (unpaired) electrons. The van der Waals surface area contributed by atoms with E-state index in [1.165, 1.54) is 5.75 Å². The van der Waals surface area contributed by atoms with Crippen LogP contribution in [-0.4, -0.2) is 41.9 Å². The fourth-order valence-corrected chi connectivity index (χ4v) is 3.09. The van der Waals surface area contributed by atoms with Gasteiger partial charge < -0.3 is 10.2 Å². The Labute approximate surface area is 119 Å². The number of benzene rings is 1. The number of nitrogens with zero attached hydrogens (tertiary/aromatic N) is 1. The molecule has 1 heterocycles. The molecule has 19 heavy (non-hydrogen) atoms. The number of anilines is 1. The fraction of sp³-hybridized carbons (Fsp3) is 0.533. The monoisotopic (exact) mass is 278 g/mol. The zero-order valence-corrected chi connectivity index (χ0v) is 12.3. The van der Waals surface area contributed by atoms with Crippen LogP contribution >= 0.6 is 11.8 Å². The molecule has 0 unspecified atom stereocenters. The van der Waals surface area contributed by atoms with Crippen molar-refractivity contribution in [2.45, 2.75) is 19.8 Å². The summed E-state index contributed by atoms with van der Waals surface area (Å²) in [7, 11) is 0. The standard InChI is InChI=1S/C15H22N2OS/c1-2-8-16-14-7-4-3-6-13(14)15(18)17-9-5-11-19-12-10-17/h3-4,6-7,16H,2,5,8-12H2,1H3. The lowest BCUT2D eigenvalue weighted by Gasteiger charge is -2.21. The molecule has 1 aromatic rings. The van der Waals surface area contributed by atoms with Crippen LogP contribution in [0.25, 0.3) is 0 Å². The molecule has 1 aliphatic rings. The van der Waals surface area contributed by atoms with E-state index < -0.39 is 0 Å². The molecule has 0 atom stereocenters. The molecule has 0 saturated carbocycles. The van der Waals surface area contributed by atoms with Crippen molar-refractivity contribution in [3.05, 3.63) is 29.8 Å². The van der Waals surface area contributed by atoms with Crippen LogP contribution in [0.2, 0.25) is 0 Å². The van der Waals surface area contributed by atoms with Gasteiger partial charge in [-0.2, -0.15) is 11.8 Å². The van der Waals surface area contributed by atoms with Crippen LogP contribution in [0.5, 0.6) is 0 Å². The predicted molar refractivity (Wildman–Crippen MR) is 83.1 cm³/mol. The fourth-order valence-electron chi connectivity index (χ4n) is 2.20. The molecule has 2 rings (SSSR count). The van der Waals surface area contributed by atoms with Gasteiger partial charge in [0.05, 0.1) is 5.56 Å². The van der Waals surface area contributed by atoms with Gasteiger partial charge >= 0.3 is 0 Å². The Balaban J connectivity index is 2.12. The van der Waals surface area contributed by atoms with Crippen LogP contribution in [0.1, 0.15) is 30.1 Å². The molecule has 4 heteroatoms. The van der Waals surface area contributed by atoms with Crippen LogP contribution in [0.15, 0.2) is 24.3 Å². The molecule has 1 amide bonds. The maximum atomic E-state index is 12.6. The number of nitrogens with one attached hydrogen (secondary N) is 1. The smallest absolute Gasteiger partial charge is 0.255 e. The minimum atomic E-state index is 0.168. The van der Waals surface area contributed by atoms with Gasteiger partial charge in [-0.15, -0.1) is 0 Å². The molecular formula is C15H22N2OS. The SMILES string of the molecule is CCCNc1ccccc1C(=O)N1CCCSCC1. The summed E-state index contributed by atoms with van der Waals surface area (Å²) in [6.45, 7) is 4.78. The third kappa shape index (κ3) is 3.90. The number of amides is 1. The van der Waals surface area contributed by atoms with E-state index in [4.69, 9.17) is 0 Å². The van der Waals surface area contributed by atoms with Crippen LogP contribution in [0.3, 0.4) is 0 Å². The number of rotatable bonds is 4. The molecule has 0 bridgehead atoms. The molecule has 1 fully saturated rings. The summed E-state index contributed by atoms with van der Waals surface area (Å²) >= 11 is 1.94. The molecule has 0 aromatic heterocycles. The van der Waals surface area contributed by atoms with E-state index >= 15 is 0 Å². The van der Waals surface area contributed by atoms with E-state index in [9.17, 15) is 4.79 Å². The molecule has 0 spiro atoms. The maximum Gasteiger partial charge on any atom is 0.255 e. The van der Waals surface area contributed by atoms with Gasteiger partial charge in [0, 0.05) is 31.1 Å². The first-order valence-electron chi connectivity index (χ1n) is 7.03. The van der Waals surface area contributed by atoms with Crippen molar-refractivity contribution in [1.29, 1.82) is 0 Å². The average Bonchev–Trinajstić information content (AvgIpc) is 2.73. The van der Waals surface area contributed by atoms with Crippen LogP contribution in [-0.2, 0) is 0 Å². The quantitative estimate of drug-likeness (QED) is 0.918. The van der Waals surface area contributed by atoms with Crippen molar-refractivity contribution in [3.8, 4) is 0 Å². The first-order chi connectivity index (χ1) is 9.33. The Morgan fingerprint density at radius 1 is 1.32 bits per heavy atom. The lowest BCUT2D eigenvalue weighted by Crippen LogP contribution is -2.33. The lowest BCUT2D eigenvalue weighted by atomic mass is 10.1. The Morgan fingerprint density at radius 2 is 2.16 bits per heavy atom. The van der Waals surface area contributed by atoms with E-state index in [-0.39, 0.29) is 5.91 Å². The van der Waals surface area contributed by atoms with E-state index in [2.05, 4.69) is 12.2 Å². The Hall–Kier alpha value is -1.16. The zero-order valence-electron chi connectivity index (χ0n) is 11.5. The topological polar surface area (TPSA) is 32.3 Å². The normalized spacial score (nSPS) is 15.9. The lowest BCUT2D eigenvalue weighted by molar-refractivity contribution is 0.0769. The van der Waals surface area contributed by atoms with Gasteiger partial charge in [0.15, 0.2) is 0 Å². The summed E-state index contributed by atoms with van der Waals surface area (Å²) in [5.41, 5.74) is 1.77. The first kappa shape index (κ1) is 14.3. The summed E-state index contributed by atoms with van der Waals surface area (Å²) in [6, 6.07) is 7.85. The minimum Gasteiger partial charge on any atom is -0.384 e. The molecule has 0 aliphatic carbocycles. The highest BCUT2D eigenvalue weighted by molar-refractivity contribution is 7.99. The van der Waals surface area contributed by atoms with Gasteiger partial charge in [0.1, 0.15) is 0 Å². The van der Waals surface area contributed by atoms with Gasteiger partial charge in [-0.1, -0.05) is 19.1 Å². The number of hydrogen-bond acceptors (Lipinski definition) is 3. The molecule has 104 valence electrons. The highest BCUT2D eigenvalue weighted by Gasteiger charge is 2.19. The molecule has 1 aliphatic heterocycles. The summed E-state index contributed by atoms with van der Waals surface area (Å²) in [5.74, 6) is 2.39. The molecule has 3 nitrogen and oxygen atoms in total. The van der Waals surface area contributed by atoms with Crippen LogP contribution in [0, 0.1) is 0 Å². The van der Waals surface area contributed by atoms with Crippen molar-refractivity contribution in [1.82, 2.24) is 4.90 Å². The highest BCUT2D eigenvalue weighted by atomic mass is 32.2. The number of carbonyl (C=O) groups is 1. The first-order valence-corrected chi connectivity index (χ1v) is 8.18. The Morgan fingerprint density at radius 3 is 3.00 bits per heavy atom. The van der Waals surface area contributed by atoms with E-state index in [0.29, 0.717) is 0 Å². The van der Waals surface area contributed by atoms with Crippen LogP contribution < -0.4 is 5.32 Å². The third-order valence-electron chi connectivity index (χ3n) is 3.23. The van der Waals surface area contributed by atoms with E-state index in [0.717, 1.165) is 49.5 Å². The van der Waals surface area contributed by atoms with Crippen molar-refractivity contribution in [3.63, 3.8) is 0 Å². The second-order valence-electron chi connectivity index (χ2n) is 4.73. The second-order valence-corrected chi connectivity index (χ2v) is 5.96. The van der Waals surface area contributed by atoms with Gasteiger partial charge in [-0.25, -0.2) is 0 Å². The second kappa shape index (κ2) is 7.43. The Bertz CT molecular complexity index is 414. The van der Waals surface area contributed by atoms with Crippen molar-refractivity contribution in [2.24, 2.45) is 0 Å². The number of thioether (sulfide) groups is 1. The van der Waals surface area contributed by atoms with Crippen molar-refractivity contribution in [2.75, 3.05) is 36.5 Å². The largest absolute Gasteiger partial charge is 0.384 e. The molecule has 1 saturated heterocycles. The highest BCUT2D eigenvalue weighted by Crippen LogP contribution is 2.19. The summed E-state index contributed by atoms with van der Waals surface area (Å²) in [5, 5.41) is 3.35. The van der Waals surface area contributed by atoms with E-state index in [1.807, 2.05) is 40.9 Å². The van der Waals surface area contributed by atoms with Gasteiger partial charge in [0.25, 0.3) is 5.91 Å². The van der Waals surface area contributed by atoms with E-state index in [1.54, 1.807) is 0 Å². The number of carbonyl (C=O) groups excluding carboxylic acids is 1. The Kier molecular flexibility index (Phi) is 5.58. The maximum absolute atomic E-state index is 12.6. The summed E-state index contributed by atoms with van der Waals surface area (Å²) < 4.78 is 0. The number of para-hydroxylation sites is 1. The number of hydrogen-bond donors (Lipinski definition) is 1. The van der Waals surface area contributed by atoms with Crippen molar-refractivity contribution < 1.29 is 4.79 Å². The summed E-state index contributed by atoms with van der Waals surface area (Å²) in [6.07, 6.45) is 2.16. The van der Waals surface area contributed by atoms with Crippen molar-refractivity contribution >= 4 is 23.4 Å². The minimum absolute atomic E-state index is 0.168. The molecule has 1 aromatic carbocycles. The average molecular weight is 278 g/mol. The van der Waals surface area contributed by atoms with Gasteiger partial charge in [0.2, 0.25) is 0 Å². The van der Waals surface area contributed by atoms with Gasteiger partial charge in [-0.3, -0.25) is 4.79 Å². The van der Waals surface area contributed by atoms with Gasteiger partial charge in [-0.05, 0) is 30.7 Å². The molecule has 1 N–H and O–H groups in total. The van der Waals surface area contributed by atoms with Crippen LogP contribution in [0.4, 0.5) is 5.69 Å². The molecular weight excluding hydrogens is 256 g/mol.